The van der Waals surface area contributed by atoms with Gasteiger partial charge in [0.1, 0.15) is 37.0 Å². The van der Waals surface area contributed by atoms with E-state index in [1.807, 2.05) is 6.07 Å². The molecule has 0 spiro atoms. The average molecular weight is 470 g/mol. The van der Waals surface area contributed by atoms with E-state index in [9.17, 15) is 20.1 Å². The molecule has 13 heteroatoms. The molecule has 0 aliphatic carbocycles. The molecule has 2 aromatic heterocycles. The monoisotopic (exact) mass is 470 g/mol. The maximum Gasteiger partial charge on any atom is 0.247 e. The standard InChI is InChI=1S/C21H22N6O7/c22-7-4-8-32-19-15-18(25-20(23)26-19)27(11-24-15)21(17(31)16(30)13(9-28)34-21)14(29)10-33-12-5-2-1-3-6-12/h1-3,5-6,11,13,16-17,28,30-31H,4,8-10H2,(H2,23,25,26)/t13-,16-,17-,21-/m1/s1. The lowest BCUT2D eigenvalue weighted by molar-refractivity contribution is -0.175. The Balaban J connectivity index is 1.78. The summed E-state index contributed by atoms with van der Waals surface area (Å²) in [7, 11) is 0. The third-order valence-electron chi connectivity index (χ3n) is 5.32. The lowest BCUT2D eigenvalue weighted by Gasteiger charge is -2.32. The average Bonchev–Trinajstić information content (AvgIpc) is 3.38. The topological polar surface area (TPSA) is 199 Å². The maximum absolute atomic E-state index is 13.5. The van der Waals surface area contributed by atoms with E-state index in [1.54, 1.807) is 30.3 Å². The smallest absolute Gasteiger partial charge is 0.247 e. The van der Waals surface area contributed by atoms with Crippen molar-refractivity contribution in [3.63, 3.8) is 0 Å². The predicted octanol–water partition coefficient (Wildman–Crippen LogP) is -0.885. The van der Waals surface area contributed by atoms with Gasteiger partial charge in [-0.2, -0.15) is 15.2 Å². The van der Waals surface area contributed by atoms with Crippen LogP contribution in [0.25, 0.3) is 11.2 Å². The predicted molar refractivity (Wildman–Crippen MR) is 114 cm³/mol. The fraction of sp³-hybridized carbons (Fsp3) is 0.381. The number of nitriles is 1. The zero-order chi connectivity index (χ0) is 24.3. The first-order valence-electron chi connectivity index (χ1n) is 10.3. The number of aliphatic hydroxyl groups is 3. The van der Waals surface area contributed by atoms with Gasteiger partial charge in [-0.3, -0.25) is 9.36 Å². The third kappa shape index (κ3) is 3.99. The minimum Gasteiger partial charge on any atom is -0.486 e. The fourth-order valence-electron chi connectivity index (χ4n) is 3.71. The molecular weight excluding hydrogens is 448 g/mol. The number of carbonyl (C=O) groups excluding carboxylic acids is 1. The summed E-state index contributed by atoms with van der Waals surface area (Å²) in [6.07, 6.45) is -3.45. The van der Waals surface area contributed by atoms with Crippen LogP contribution >= 0.6 is 0 Å². The van der Waals surface area contributed by atoms with E-state index >= 15 is 0 Å². The largest absolute Gasteiger partial charge is 0.486 e. The molecule has 4 atom stereocenters. The third-order valence-corrected chi connectivity index (χ3v) is 5.32. The van der Waals surface area contributed by atoms with Gasteiger partial charge >= 0.3 is 0 Å². The number of fused-ring (bicyclic) bond motifs is 1. The Labute approximate surface area is 193 Å². The van der Waals surface area contributed by atoms with Crippen LogP contribution in [0.15, 0.2) is 36.7 Å². The molecule has 1 fully saturated rings. The lowest BCUT2D eigenvalue weighted by Crippen LogP contribution is -2.53. The van der Waals surface area contributed by atoms with Crippen molar-refractivity contribution in [3.05, 3.63) is 36.7 Å². The highest BCUT2D eigenvalue weighted by Crippen LogP contribution is 2.39. The minimum absolute atomic E-state index is 0.00826. The van der Waals surface area contributed by atoms with E-state index < -0.39 is 43.0 Å². The van der Waals surface area contributed by atoms with E-state index in [1.165, 1.54) is 0 Å². The number of imidazole rings is 1. The summed E-state index contributed by atoms with van der Waals surface area (Å²) in [5.41, 5.74) is 3.62. The van der Waals surface area contributed by atoms with Gasteiger partial charge in [0, 0.05) is 0 Å². The van der Waals surface area contributed by atoms with Crippen LogP contribution in [0.5, 0.6) is 11.6 Å². The molecule has 4 rings (SSSR count). The van der Waals surface area contributed by atoms with Crippen LogP contribution in [-0.2, 0) is 15.3 Å². The summed E-state index contributed by atoms with van der Waals surface area (Å²) in [6, 6.07) is 10.4. The highest BCUT2D eigenvalue weighted by molar-refractivity contribution is 5.90. The molecule has 34 heavy (non-hydrogen) atoms. The summed E-state index contributed by atoms with van der Waals surface area (Å²) in [4.78, 5) is 25.8. The van der Waals surface area contributed by atoms with Crippen molar-refractivity contribution in [1.82, 2.24) is 19.5 Å². The van der Waals surface area contributed by atoms with Gasteiger partial charge in [0.05, 0.1) is 19.1 Å². The Hall–Kier alpha value is -3.83. The van der Waals surface area contributed by atoms with Gasteiger partial charge in [-0.05, 0) is 12.1 Å². The Morgan fingerprint density at radius 3 is 2.71 bits per heavy atom. The van der Waals surface area contributed by atoms with Crippen LogP contribution in [-0.4, -0.2) is 78.8 Å². The molecule has 5 N–H and O–H groups in total. The van der Waals surface area contributed by atoms with Gasteiger partial charge < -0.3 is 35.3 Å². The highest BCUT2D eigenvalue weighted by Gasteiger charge is 2.60. The number of anilines is 1. The van der Waals surface area contributed by atoms with Crippen LogP contribution in [0.2, 0.25) is 0 Å². The van der Waals surface area contributed by atoms with Crippen LogP contribution in [0.4, 0.5) is 5.95 Å². The molecule has 178 valence electrons. The number of aromatic nitrogens is 4. The number of carbonyl (C=O) groups is 1. The molecule has 0 bridgehead atoms. The Morgan fingerprint density at radius 2 is 2.03 bits per heavy atom. The normalized spacial score (nSPS) is 24.1. The van der Waals surface area contributed by atoms with E-state index in [-0.39, 0.29) is 36.0 Å². The second-order valence-corrected chi connectivity index (χ2v) is 7.43. The molecule has 1 aromatic carbocycles. The Bertz CT molecular complexity index is 1210. The van der Waals surface area contributed by atoms with E-state index in [0.717, 1.165) is 10.9 Å². The Kier molecular flexibility index (Phi) is 6.57. The number of hydrogen-bond donors (Lipinski definition) is 4. The van der Waals surface area contributed by atoms with Crippen molar-refractivity contribution in [2.75, 3.05) is 25.6 Å². The second-order valence-electron chi connectivity index (χ2n) is 7.43. The zero-order valence-electron chi connectivity index (χ0n) is 17.8. The number of benzene rings is 1. The molecule has 0 saturated carbocycles. The zero-order valence-corrected chi connectivity index (χ0v) is 17.8. The number of rotatable bonds is 9. The SMILES string of the molecule is N#CCCOc1nc(N)nc2c1ncn2[C@]1(C(=O)COc2ccccc2)O[C@H](CO)[C@@H](O)[C@H]1O. The molecule has 1 saturated heterocycles. The molecule has 13 nitrogen and oxygen atoms in total. The summed E-state index contributed by atoms with van der Waals surface area (Å²) in [5, 5.41) is 39.8. The first-order valence-corrected chi connectivity index (χ1v) is 10.3. The molecule has 0 amide bonds. The first-order chi connectivity index (χ1) is 16.4. The highest BCUT2D eigenvalue weighted by atomic mass is 16.6. The summed E-state index contributed by atoms with van der Waals surface area (Å²) >= 11 is 0. The molecule has 3 heterocycles. The van der Waals surface area contributed by atoms with E-state index in [4.69, 9.17) is 25.2 Å². The fourth-order valence-corrected chi connectivity index (χ4v) is 3.71. The van der Waals surface area contributed by atoms with E-state index in [2.05, 4.69) is 15.0 Å². The van der Waals surface area contributed by atoms with Gasteiger partial charge in [0.25, 0.3) is 0 Å². The molecule has 1 aliphatic rings. The number of nitrogen functional groups attached to an aromatic ring is 1. The minimum atomic E-state index is -2.25. The van der Waals surface area contributed by atoms with Crippen LogP contribution in [0, 0.1) is 11.3 Å². The van der Waals surface area contributed by atoms with E-state index in [0.29, 0.717) is 5.75 Å². The van der Waals surface area contributed by atoms with Gasteiger partial charge in [-0.15, -0.1) is 0 Å². The Morgan fingerprint density at radius 1 is 1.26 bits per heavy atom. The molecule has 0 radical (unpaired) electrons. The number of ether oxygens (including phenoxy) is 3. The molecule has 0 unspecified atom stereocenters. The van der Waals surface area contributed by atoms with Crippen molar-refractivity contribution >= 4 is 22.9 Å². The molecule has 1 aliphatic heterocycles. The van der Waals surface area contributed by atoms with Gasteiger partial charge in [0.15, 0.2) is 17.8 Å². The quantitative estimate of drug-likeness (QED) is 0.282. The van der Waals surface area contributed by atoms with Crippen molar-refractivity contribution in [2.24, 2.45) is 0 Å². The van der Waals surface area contributed by atoms with Crippen molar-refractivity contribution in [2.45, 2.75) is 30.5 Å². The number of Topliss-reactive ketones (excluding diaryl/α,β-unsaturated/α-hetero) is 1. The summed E-state index contributed by atoms with van der Waals surface area (Å²) in [5.74, 6) is -0.641. The van der Waals surface area contributed by atoms with Gasteiger partial charge in [-0.25, -0.2) is 4.98 Å². The van der Waals surface area contributed by atoms with Gasteiger partial charge in [-0.1, -0.05) is 18.2 Å². The number of aliphatic hydroxyl groups excluding tert-OH is 3. The lowest BCUT2D eigenvalue weighted by atomic mass is 9.98. The van der Waals surface area contributed by atoms with Crippen molar-refractivity contribution in [1.29, 1.82) is 5.26 Å². The van der Waals surface area contributed by atoms with Crippen LogP contribution < -0.4 is 15.2 Å². The molecule has 3 aromatic rings. The van der Waals surface area contributed by atoms with Crippen LogP contribution in [0.1, 0.15) is 6.42 Å². The number of ketones is 1. The number of nitrogens with zero attached hydrogens (tertiary/aromatic N) is 5. The first kappa shape index (κ1) is 23.3. The number of nitrogens with two attached hydrogens (primary N) is 1. The van der Waals surface area contributed by atoms with Crippen molar-refractivity contribution < 1.29 is 34.3 Å². The van der Waals surface area contributed by atoms with Gasteiger partial charge in [0.2, 0.25) is 23.3 Å². The molecular formula is C21H22N6O7. The summed E-state index contributed by atoms with van der Waals surface area (Å²) in [6.45, 7) is -1.20. The van der Waals surface area contributed by atoms with Crippen molar-refractivity contribution in [3.8, 4) is 17.7 Å². The number of para-hydroxylation sites is 1. The van der Waals surface area contributed by atoms with Crippen LogP contribution in [0.3, 0.4) is 0 Å². The number of hydrogen-bond acceptors (Lipinski definition) is 12. The maximum atomic E-state index is 13.5. The second kappa shape index (κ2) is 9.57. The summed E-state index contributed by atoms with van der Waals surface area (Å²) < 4.78 is 17.9.